The van der Waals surface area contributed by atoms with Gasteiger partial charge < -0.3 is 14.7 Å². The Morgan fingerprint density at radius 2 is 2.00 bits per heavy atom. The zero-order valence-electron chi connectivity index (χ0n) is 13.6. The van der Waals surface area contributed by atoms with E-state index < -0.39 is 6.04 Å². The van der Waals surface area contributed by atoms with Crippen LogP contribution in [-0.2, 0) is 17.6 Å². The molecule has 0 bridgehead atoms. The van der Waals surface area contributed by atoms with Gasteiger partial charge in [-0.15, -0.1) is 0 Å². The van der Waals surface area contributed by atoms with Crippen molar-refractivity contribution in [3.63, 3.8) is 0 Å². The summed E-state index contributed by atoms with van der Waals surface area (Å²) < 4.78 is 5.25. The summed E-state index contributed by atoms with van der Waals surface area (Å²) in [6.45, 7) is 0.555. The molecule has 4 rings (SSSR count). The van der Waals surface area contributed by atoms with E-state index in [9.17, 15) is 9.59 Å². The molecule has 1 N–H and O–H groups in total. The number of aromatic nitrogens is 1. The lowest BCUT2D eigenvalue weighted by molar-refractivity contribution is -0.118. The number of nitrogens with one attached hydrogen (secondary N) is 1. The van der Waals surface area contributed by atoms with Gasteiger partial charge in [0.05, 0.1) is 5.69 Å². The second-order valence-electron chi connectivity index (χ2n) is 6.43. The quantitative estimate of drug-likeness (QED) is 0.914. The summed E-state index contributed by atoms with van der Waals surface area (Å²) >= 11 is 5.89. The summed E-state index contributed by atoms with van der Waals surface area (Å²) in [6, 6.07) is 6.55. The Labute approximate surface area is 150 Å². The lowest BCUT2D eigenvalue weighted by atomic mass is 9.96. The Hall–Kier alpha value is -2.34. The fraction of sp³-hybridized carbons (Fsp3) is 0.389. The van der Waals surface area contributed by atoms with Crippen molar-refractivity contribution in [3.8, 4) is 0 Å². The second kappa shape index (κ2) is 6.52. The Kier molecular flexibility index (Phi) is 4.21. The van der Waals surface area contributed by atoms with Crippen LogP contribution in [0.15, 0.2) is 28.8 Å². The highest BCUT2D eigenvalue weighted by Crippen LogP contribution is 2.26. The van der Waals surface area contributed by atoms with E-state index in [1.54, 1.807) is 29.2 Å². The molecule has 6 nitrogen and oxygen atoms in total. The lowest BCUT2D eigenvalue weighted by Crippen LogP contribution is -2.41. The van der Waals surface area contributed by atoms with Gasteiger partial charge in [-0.2, -0.15) is 0 Å². The molecule has 0 saturated carbocycles. The van der Waals surface area contributed by atoms with Crippen LogP contribution >= 0.6 is 11.6 Å². The molecule has 7 heteroatoms. The number of carbonyl (C=O) groups excluding carboxylic acids is 2. The van der Waals surface area contributed by atoms with Crippen LogP contribution in [0.5, 0.6) is 0 Å². The van der Waals surface area contributed by atoms with Crippen molar-refractivity contribution in [2.45, 2.75) is 38.1 Å². The molecule has 2 aromatic rings. The highest BCUT2D eigenvalue weighted by atomic mass is 35.5. The van der Waals surface area contributed by atoms with E-state index in [-0.39, 0.29) is 17.6 Å². The van der Waals surface area contributed by atoms with E-state index >= 15 is 0 Å². The summed E-state index contributed by atoms with van der Waals surface area (Å²) in [5, 5.41) is 7.42. The second-order valence-corrected chi connectivity index (χ2v) is 6.86. The Balaban J connectivity index is 1.46. The molecule has 1 unspecified atom stereocenters. The number of carbonyl (C=O) groups is 2. The molecule has 1 atom stereocenters. The summed E-state index contributed by atoms with van der Waals surface area (Å²) in [5.41, 5.74) is 2.55. The van der Waals surface area contributed by atoms with E-state index in [0.29, 0.717) is 18.0 Å². The van der Waals surface area contributed by atoms with Crippen molar-refractivity contribution < 1.29 is 14.1 Å². The highest BCUT2D eigenvalue weighted by Gasteiger charge is 2.35. The maximum atomic E-state index is 12.6. The number of hydrogen-bond donors (Lipinski definition) is 1. The van der Waals surface area contributed by atoms with E-state index in [0.717, 1.165) is 42.6 Å². The monoisotopic (exact) mass is 359 g/mol. The zero-order valence-corrected chi connectivity index (χ0v) is 14.4. The van der Waals surface area contributed by atoms with E-state index in [1.807, 2.05) is 0 Å². The predicted octanol–water partition coefficient (Wildman–Crippen LogP) is 2.74. The summed E-state index contributed by atoms with van der Waals surface area (Å²) in [6.07, 6.45) is 4.30. The molecule has 1 saturated heterocycles. The maximum Gasteiger partial charge on any atom is 0.290 e. The molecule has 25 heavy (non-hydrogen) atoms. The van der Waals surface area contributed by atoms with Crippen molar-refractivity contribution in [1.29, 1.82) is 0 Å². The fourth-order valence-corrected chi connectivity index (χ4v) is 3.61. The van der Waals surface area contributed by atoms with Gasteiger partial charge in [0, 0.05) is 22.8 Å². The SMILES string of the molecule is O=C(NC1CCN(c2ccc(Cl)cc2)C1=O)c1onc2c1CCCC2. The average Bonchev–Trinajstić information content (AvgIpc) is 3.20. The smallest absolute Gasteiger partial charge is 0.290 e. The molecule has 1 aromatic heterocycles. The van der Waals surface area contributed by atoms with Crippen molar-refractivity contribution in [1.82, 2.24) is 10.5 Å². The standard InChI is InChI=1S/C18H18ClN3O3/c19-11-5-7-12(8-6-11)22-10-9-15(18(22)24)20-17(23)16-13-3-1-2-4-14(13)21-25-16/h5-8,15H,1-4,9-10H2,(H,20,23). The summed E-state index contributed by atoms with van der Waals surface area (Å²) in [4.78, 5) is 26.8. The van der Waals surface area contributed by atoms with Crippen LogP contribution in [0.4, 0.5) is 5.69 Å². The van der Waals surface area contributed by atoms with Gasteiger partial charge in [0.1, 0.15) is 6.04 Å². The topological polar surface area (TPSA) is 75.4 Å². The number of fused-ring (bicyclic) bond motifs is 1. The van der Waals surface area contributed by atoms with E-state index in [4.69, 9.17) is 16.1 Å². The first kappa shape index (κ1) is 16.1. The number of amides is 2. The van der Waals surface area contributed by atoms with Crippen LogP contribution in [-0.4, -0.2) is 29.6 Å². The molecule has 0 spiro atoms. The van der Waals surface area contributed by atoms with Gasteiger partial charge in [-0.3, -0.25) is 9.59 Å². The van der Waals surface area contributed by atoms with Crippen LogP contribution in [0.3, 0.4) is 0 Å². The molecule has 2 heterocycles. The number of halogens is 1. The number of benzene rings is 1. The molecule has 0 radical (unpaired) electrons. The third-order valence-corrected chi connectivity index (χ3v) is 5.07. The molecule has 2 amide bonds. The molecular weight excluding hydrogens is 342 g/mol. The number of aryl methyl sites for hydroxylation is 1. The van der Waals surface area contributed by atoms with Crippen molar-refractivity contribution in [3.05, 3.63) is 46.3 Å². The van der Waals surface area contributed by atoms with E-state index in [1.165, 1.54) is 0 Å². The van der Waals surface area contributed by atoms with Gasteiger partial charge in [0.15, 0.2) is 0 Å². The number of nitrogens with zero attached hydrogens (tertiary/aromatic N) is 2. The molecule has 1 aliphatic heterocycles. The zero-order chi connectivity index (χ0) is 17.4. The minimum atomic E-state index is -0.549. The van der Waals surface area contributed by atoms with Crippen molar-refractivity contribution >= 4 is 29.1 Å². The van der Waals surface area contributed by atoms with Gasteiger partial charge >= 0.3 is 0 Å². The third kappa shape index (κ3) is 3.02. The predicted molar refractivity (Wildman–Crippen MR) is 92.8 cm³/mol. The highest BCUT2D eigenvalue weighted by molar-refractivity contribution is 6.30. The largest absolute Gasteiger partial charge is 0.350 e. The number of rotatable bonds is 3. The van der Waals surface area contributed by atoms with Crippen LogP contribution in [0, 0.1) is 0 Å². The minimum absolute atomic E-state index is 0.121. The Morgan fingerprint density at radius 1 is 1.24 bits per heavy atom. The number of anilines is 1. The molecule has 1 aromatic carbocycles. The molecule has 1 aliphatic carbocycles. The molecule has 1 fully saturated rings. The first-order valence-electron chi connectivity index (χ1n) is 8.49. The normalized spacial score (nSPS) is 19.8. The van der Waals surface area contributed by atoms with Crippen molar-refractivity contribution in [2.24, 2.45) is 0 Å². The Bertz CT molecular complexity index is 815. The van der Waals surface area contributed by atoms with Gasteiger partial charge in [0.25, 0.3) is 5.91 Å². The maximum absolute atomic E-state index is 12.6. The van der Waals surface area contributed by atoms with Gasteiger partial charge in [-0.25, -0.2) is 0 Å². The third-order valence-electron chi connectivity index (χ3n) is 4.82. The first-order valence-corrected chi connectivity index (χ1v) is 8.86. The van der Waals surface area contributed by atoms with Crippen LogP contribution in [0.1, 0.15) is 41.1 Å². The van der Waals surface area contributed by atoms with Crippen LogP contribution in [0.2, 0.25) is 5.02 Å². The van der Waals surface area contributed by atoms with Gasteiger partial charge in [-0.05, 0) is 56.4 Å². The first-order chi connectivity index (χ1) is 12.1. The van der Waals surface area contributed by atoms with Gasteiger partial charge in [0.2, 0.25) is 11.7 Å². The average molecular weight is 360 g/mol. The summed E-state index contributed by atoms with van der Waals surface area (Å²) in [7, 11) is 0. The van der Waals surface area contributed by atoms with Crippen LogP contribution in [0.25, 0.3) is 0 Å². The molecule has 130 valence electrons. The van der Waals surface area contributed by atoms with Crippen molar-refractivity contribution in [2.75, 3.05) is 11.4 Å². The summed E-state index contributed by atoms with van der Waals surface area (Å²) in [5.74, 6) is -0.219. The minimum Gasteiger partial charge on any atom is -0.350 e. The van der Waals surface area contributed by atoms with Gasteiger partial charge in [-0.1, -0.05) is 16.8 Å². The number of hydrogen-bond acceptors (Lipinski definition) is 4. The Morgan fingerprint density at radius 3 is 2.80 bits per heavy atom. The fourth-order valence-electron chi connectivity index (χ4n) is 3.48. The molecule has 2 aliphatic rings. The van der Waals surface area contributed by atoms with E-state index in [2.05, 4.69) is 10.5 Å². The van der Waals surface area contributed by atoms with Crippen LogP contribution < -0.4 is 10.2 Å². The lowest BCUT2D eigenvalue weighted by Gasteiger charge is -2.17. The molecular formula is C18H18ClN3O3.